The van der Waals surface area contributed by atoms with E-state index in [-0.39, 0.29) is 0 Å². The lowest BCUT2D eigenvalue weighted by Crippen LogP contribution is -2.04. The molecule has 1 N–H and O–H groups in total. The van der Waals surface area contributed by atoms with Crippen LogP contribution in [0.5, 0.6) is 0 Å². The molecule has 70 valence electrons. The van der Waals surface area contributed by atoms with Crippen LogP contribution in [0.2, 0.25) is 0 Å². The predicted molar refractivity (Wildman–Crippen MR) is 67.5 cm³/mol. The van der Waals surface area contributed by atoms with Crippen molar-refractivity contribution in [2.45, 2.75) is 0 Å². The van der Waals surface area contributed by atoms with Crippen LogP contribution in [0, 0.1) is 0 Å². The van der Waals surface area contributed by atoms with E-state index < -0.39 is 0 Å². The van der Waals surface area contributed by atoms with Crippen LogP contribution in [0.25, 0.3) is 10.8 Å². The average molecular weight is 218 g/mol. The number of hydrogen-bond acceptors (Lipinski definition) is 2. The Hall–Kier alpha value is -1.19. The van der Waals surface area contributed by atoms with E-state index in [1.54, 1.807) is 0 Å². The van der Waals surface area contributed by atoms with Gasteiger partial charge in [0.2, 0.25) is 0 Å². The van der Waals surface area contributed by atoms with Crippen LogP contribution < -0.4 is 5.32 Å². The van der Waals surface area contributed by atoms with E-state index in [0.717, 1.165) is 11.1 Å². The molecular weight excluding hydrogens is 210 g/mol. The van der Waals surface area contributed by atoms with E-state index in [1.165, 1.54) is 5.39 Å². The summed E-state index contributed by atoms with van der Waals surface area (Å²) in [5.41, 5.74) is 0.975. The van der Waals surface area contributed by atoms with Gasteiger partial charge in [0.15, 0.2) is 0 Å². The van der Waals surface area contributed by atoms with E-state index in [2.05, 4.69) is 17.4 Å². The molecule has 0 aliphatic rings. The van der Waals surface area contributed by atoms with Gasteiger partial charge >= 0.3 is 0 Å². The van der Waals surface area contributed by atoms with Gasteiger partial charge in [0, 0.05) is 11.1 Å². The molecule has 0 saturated heterocycles. The number of fused-ring (bicyclic) bond motifs is 1. The minimum absolute atomic E-state index is 0.376. The fourth-order valence-electron chi connectivity index (χ4n) is 1.44. The summed E-state index contributed by atoms with van der Waals surface area (Å²) in [4.78, 5) is 0. The first-order valence-corrected chi connectivity index (χ1v) is 5.05. The smallest absolute Gasteiger partial charge is 0.0451 e. The Bertz CT molecular complexity index is 474. The van der Waals surface area contributed by atoms with Crippen LogP contribution in [0.4, 0.5) is 5.69 Å². The third-order valence-corrected chi connectivity index (χ3v) is 2.23. The molecule has 1 nitrogen and oxygen atoms in total. The summed E-state index contributed by atoms with van der Waals surface area (Å²) in [6, 6.07) is 14.1. The first kappa shape index (κ1) is 9.37. The fraction of sp³-hybridized carbons (Fsp3) is 0. The molecule has 0 spiro atoms. The molecule has 2 rings (SSSR count). The van der Waals surface area contributed by atoms with E-state index in [4.69, 9.17) is 24.8 Å². The SMILES string of the molecule is S=C([S-])Nc1cccc2ccccc12. The molecule has 0 radical (unpaired) electrons. The Morgan fingerprint density at radius 3 is 2.57 bits per heavy atom. The molecule has 0 fully saturated rings. The highest BCUT2D eigenvalue weighted by molar-refractivity contribution is 8.00. The minimum Gasteiger partial charge on any atom is -0.411 e. The summed E-state index contributed by atoms with van der Waals surface area (Å²) < 4.78 is 0.376. The molecular formula is C11H8NS2-. The third-order valence-electron chi connectivity index (χ3n) is 2.03. The largest absolute Gasteiger partial charge is 0.411 e. The Labute approximate surface area is 93.5 Å². The minimum atomic E-state index is 0.376. The zero-order valence-corrected chi connectivity index (χ0v) is 8.99. The number of hydrogen-bond donors (Lipinski definition) is 1. The van der Waals surface area contributed by atoms with Gasteiger partial charge < -0.3 is 30.2 Å². The van der Waals surface area contributed by atoms with Crippen molar-refractivity contribution in [3.8, 4) is 0 Å². The van der Waals surface area contributed by atoms with Gasteiger partial charge in [-0.2, -0.15) is 0 Å². The van der Waals surface area contributed by atoms with Gasteiger partial charge in [-0.15, -0.1) is 0 Å². The number of thiocarbonyl (C=S) groups is 1. The summed E-state index contributed by atoms with van der Waals surface area (Å²) in [6.45, 7) is 0. The van der Waals surface area contributed by atoms with Crippen LogP contribution in [0.15, 0.2) is 42.5 Å². The first-order valence-electron chi connectivity index (χ1n) is 4.23. The highest BCUT2D eigenvalue weighted by Crippen LogP contribution is 2.22. The van der Waals surface area contributed by atoms with Gasteiger partial charge in [0.1, 0.15) is 0 Å². The predicted octanol–water partition coefficient (Wildman–Crippen LogP) is 3.08. The van der Waals surface area contributed by atoms with E-state index in [1.807, 2.05) is 30.3 Å². The number of nitrogens with one attached hydrogen (secondary N) is 1. The Morgan fingerprint density at radius 2 is 1.79 bits per heavy atom. The maximum Gasteiger partial charge on any atom is 0.0451 e. The Morgan fingerprint density at radius 1 is 1.07 bits per heavy atom. The lowest BCUT2D eigenvalue weighted by atomic mass is 10.1. The van der Waals surface area contributed by atoms with Crippen molar-refractivity contribution in [1.82, 2.24) is 0 Å². The lowest BCUT2D eigenvalue weighted by Gasteiger charge is -2.12. The van der Waals surface area contributed by atoms with Crippen molar-refractivity contribution >= 4 is 45.6 Å². The zero-order valence-electron chi connectivity index (χ0n) is 7.36. The second-order valence-corrected chi connectivity index (χ2v) is 4.01. The second kappa shape index (κ2) is 3.90. The number of anilines is 1. The molecule has 2 aromatic carbocycles. The molecule has 0 saturated carbocycles. The maximum absolute atomic E-state index is 4.84. The van der Waals surface area contributed by atoms with Crippen molar-refractivity contribution in [3.05, 3.63) is 42.5 Å². The Kier molecular flexibility index (Phi) is 2.61. The van der Waals surface area contributed by atoms with Gasteiger partial charge in [-0.3, -0.25) is 0 Å². The highest BCUT2D eigenvalue weighted by atomic mass is 32.1. The molecule has 2 aromatic rings. The second-order valence-electron chi connectivity index (χ2n) is 2.94. The molecule has 14 heavy (non-hydrogen) atoms. The first-order chi connectivity index (χ1) is 6.77. The molecule has 0 bridgehead atoms. The van der Waals surface area contributed by atoms with E-state index in [0.29, 0.717) is 4.32 Å². The van der Waals surface area contributed by atoms with Gasteiger partial charge in [-0.25, -0.2) is 0 Å². The van der Waals surface area contributed by atoms with E-state index in [9.17, 15) is 0 Å². The number of rotatable bonds is 1. The van der Waals surface area contributed by atoms with Crippen LogP contribution >= 0.6 is 12.2 Å². The lowest BCUT2D eigenvalue weighted by molar-refractivity contribution is 1.71. The molecule has 0 aromatic heterocycles. The molecule has 0 aliphatic carbocycles. The Balaban J connectivity index is 2.59. The monoisotopic (exact) mass is 218 g/mol. The summed E-state index contributed by atoms with van der Waals surface area (Å²) in [5.74, 6) is 0. The summed E-state index contributed by atoms with van der Waals surface area (Å²) >= 11 is 9.69. The third kappa shape index (κ3) is 1.84. The number of benzene rings is 2. The van der Waals surface area contributed by atoms with Crippen molar-refractivity contribution in [3.63, 3.8) is 0 Å². The van der Waals surface area contributed by atoms with Crippen molar-refractivity contribution in [2.24, 2.45) is 0 Å². The van der Waals surface area contributed by atoms with E-state index >= 15 is 0 Å². The van der Waals surface area contributed by atoms with Gasteiger partial charge in [0.05, 0.1) is 0 Å². The van der Waals surface area contributed by atoms with Crippen molar-refractivity contribution in [1.29, 1.82) is 0 Å². The zero-order chi connectivity index (χ0) is 9.97. The highest BCUT2D eigenvalue weighted by Gasteiger charge is 1.96. The quantitative estimate of drug-likeness (QED) is 0.583. The normalized spacial score (nSPS) is 10.0. The summed E-state index contributed by atoms with van der Waals surface area (Å²) in [7, 11) is 0. The molecule has 0 atom stereocenters. The maximum atomic E-state index is 4.84. The standard InChI is InChI=1S/C11H9NS2/c13-11(14)12-10-7-3-5-8-4-1-2-6-9(8)10/h1-7H,(H2,12,13,14)/p-1. The van der Waals surface area contributed by atoms with Crippen molar-refractivity contribution in [2.75, 3.05) is 5.32 Å². The molecule has 3 heteroatoms. The molecule has 0 unspecified atom stereocenters. The average Bonchev–Trinajstić information content (AvgIpc) is 2.18. The van der Waals surface area contributed by atoms with Crippen LogP contribution in [-0.2, 0) is 12.6 Å². The summed E-state index contributed by atoms with van der Waals surface area (Å²) in [6.07, 6.45) is 0. The molecule has 0 amide bonds. The summed E-state index contributed by atoms with van der Waals surface area (Å²) in [5, 5.41) is 5.32. The van der Waals surface area contributed by atoms with Gasteiger partial charge in [0.25, 0.3) is 0 Å². The molecule has 0 aliphatic heterocycles. The van der Waals surface area contributed by atoms with Crippen LogP contribution in [0.1, 0.15) is 0 Å². The molecule has 0 heterocycles. The van der Waals surface area contributed by atoms with Crippen molar-refractivity contribution < 1.29 is 0 Å². The van der Waals surface area contributed by atoms with Crippen LogP contribution in [-0.4, -0.2) is 4.32 Å². The van der Waals surface area contributed by atoms with Crippen LogP contribution in [0.3, 0.4) is 0 Å². The van der Waals surface area contributed by atoms with Gasteiger partial charge in [-0.1, -0.05) is 40.7 Å². The topological polar surface area (TPSA) is 12.0 Å². The van der Waals surface area contributed by atoms with Gasteiger partial charge in [-0.05, 0) is 11.5 Å². The fourth-order valence-corrected chi connectivity index (χ4v) is 1.66.